The first-order chi connectivity index (χ1) is 21.6. The van der Waals surface area contributed by atoms with Gasteiger partial charge in [-0.05, 0) is 38.2 Å². The number of carbonyl (C=O) groups is 6. The Hall–Kier alpha value is -4.62. The van der Waals surface area contributed by atoms with Crippen LogP contribution in [0.5, 0.6) is 11.5 Å². The van der Waals surface area contributed by atoms with E-state index in [0.29, 0.717) is 28.9 Å². The van der Waals surface area contributed by atoms with Gasteiger partial charge in [0.25, 0.3) is 0 Å². The minimum atomic E-state index is -1.17. The molecule has 0 radical (unpaired) electrons. The number of rotatable bonds is 17. The van der Waals surface area contributed by atoms with E-state index in [1.54, 1.807) is 20.8 Å². The van der Waals surface area contributed by atoms with Crippen LogP contribution >= 0.6 is 0 Å². The number of esters is 6. The van der Waals surface area contributed by atoms with Crippen molar-refractivity contribution in [3.63, 3.8) is 0 Å². The van der Waals surface area contributed by atoms with Crippen molar-refractivity contribution in [2.24, 2.45) is 5.92 Å². The Morgan fingerprint density at radius 1 is 0.891 bits per heavy atom. The molecular formula is C32H42O14. The summed E-state index contributed by atoms with van der Waals surface area (Å²) in [6, 6.07) is 0. The van der Waals surface area contributed by atoms with Gasteiger partial charge in [-0.3, -0.25) is 24.0 Å². The fourth-order valence-electron chi connectivity index (χ4n) is 4.62. The third-order valence-corrected chi connectivity index (χ3v) is 6.89. The summed E-state index contributed by atoms with van der Waals surface area (Å²) in [4.78, 5) is 71.2. The highest BCUT2D eigenvalue weighted by Crippen LogP contribution is 2.42. The summed E-state index contributed by atoms with van der Waals surface area (Å²) >= 11 is 0. The summed E-state index contributed by atoms with van der Waals surface area (Å²) in [7, 11) is 1.48. The number of ether oxygens (including phenoxy) is 7. The molecule has 2 unspecified atom stereocenters. The maximum atomic E-state index is 12.4. The lowest BCUT2D eigenvalue weighted by atomic mass is 9.94. The number of hydrogen-bond donors (Lipinski definition) is 1. The van der Waals surface area contributed by atoms with Crippen LogP contribution < -0.4 is 4.74 Å². The summed E-state index contributed by atoms with van der Waals surface area (Å²) in [6.45, 7) is 8.44. The maximum Gasteiger partial charge on any atom is 0.342 e. The zero-order valence-corrected chi connectivity index (χ0v) is 27.2. The first kappa shape index (κ1) is 37.6. The van der Waals surface area contributed by atoms with Gasteiger partial charge in [-0.2, -0.15) is 0 Å². The smallest absolute Gasteiger partial charge is 0.342 e. The molecule has 0 aromatic heterocycles. The summed E-state index contributed by atoms with van der Waals surface area (Å²) in [5, 5.41) is 10.7. The highest BCUT2D eigenvalue weighted by molar-refractivity contribution is 5.98. The Balaban J connectivity index is 1.80. The second-order valence-corrected chi connectivity index (χ2v) is 10.9. The third kappa shape index (κ3) is 11.7. The van der Waals surface area contributed by atoms with Crippen LogP contribution in [0.2, 0.25) is 0 Å². The molecule has 0 fully saturated rings. The van der Waals surface area contributed by atoms with Crippen LogP contribution in [-0.2, 0) is 65.4 Å². The number of allylic oxidation sites excluding steroid dienone is 2. The van der Waals surface area contributed by atoms with Crippen molar-refractivity contribution in [3.05, 3.63) is 33.9 Å². The zero-order chi connectivity index (χ0) is 34.6. The third-order valence-electron chi connectivity index (χ3n) is 6.89. The molecule has 0 saturated carbocycles. The Kier molecular flexibility index (Phi) is 14.5. The molecule has 0 spiro atoms. The van der Waals surface area contributed by atoms with Gasteiger partial charge in [0.2, 0.25) is 6.29 Å². The van der Waals surface area contributed by atoms with Crippen LogP contribution in [-0.4, -0.2) is 73.6 Å². The predicted molar refractivity (Wildman–Crippen MR) is 158 cm³/mol. The highest BCUT2D eigenvalue weighted by atomic mass is 16.7. The molecule has 1 aromatic rings. The van der Waals surface area contributed by atoms with Crippen LogP contribution in [0.15, 0.2) is 11.6 Å². The van der Waals surface area contributed by atoms with E-state index in [4.69, 9.17) is 33.2 Å². The van der Waals surface area contributed by atoms with Crippen molar-refractivity contribution < 1.29 is 67.0 Å². The minimum Gasteiger partial charge on any atom is -0.507 e. The van der Waals surface area contributed by atoms with Gasteiger partial charge in [-0.1, -0.05) is 18.6 Å². The SMILES string of the molecule is COc1c(C)c2c(c(O)c1C/C=C(\C)CCC(=O)OC(C)OC(=O)CC(C)CC(=O)OC(COC(C)=O)COC(C)=O)C(=O)OC2. The Morgan fingerprint density at radius 3 is 2.02 bits per heavy atom. The summed E-state index contributed by atoms with van der Waals surface area (Å²) < 4.78 is 35.7. The van der Waals surface area contributed by atoms with Crippen LogP contribution in [0.4, 0.5) is 0 Å². The monoisotopic (exact) mass is 650 g/mol. The van der Waals surface area contributed by atoms with Crippen LogP contribution in [0.1, 0.15) is 87.4 Å². The fraction of sp³-hybridized carbons (Fsp3) is 0.562. The normalized spacial score (nSPS) is 13.7. The van der Waals surface area contributed by atoms with Gasteiger partial charge in [0.15, 0.2) is 6.10 Å². The number of phenolic OH excluding ortho intramolecular Hbond substituents is 1. The largest absolute Gasteiger partial charge is 0.507 e. The molecule has 2 atom stereocenters. The van der Waals surface area contributed by atoms with E-state index in [1.165, 1.54) is 27.9 Å². The van der Waals surface area contributed by atoms with E-state index < -0.39 is 54.1 Å². The van der Waals surface area contributed by atoms with Gasteiger partial charge < -0.3 is 38.3 Å². The Labute approximate surface area is 267 Å². The standard InChI is InChI=1S/C32H42O14/c1-17(8-10-24-30(38)29-25(16-43-32(29)39)19(3)31(24)40-7)9-11-26(35)44-22(6)45-27(36)12-18(2)13-28(37)46-23(14-41-20(4)33)15-42-21(5)34/h8,18,22-23,38H,9-16H2,1-7H3/b17-8+. The number of aromatic hydroxyl groups is 1. The van der Waals surface area contributed by atoms with Gasteiger partial charge in [0.05, 0.1) is 7.11 Å². The number of methoxy groups -OCH3 is 1. The number of benzene rings is 1. The molecule has 0 saturated heterocycles. The zero-order valence-electron chi connectivity index (χ0n) is 27.2. The van der Waals surface area contributed by atoms with Crippen molar-refractivity contribution in [2.45, 2.75) is 92.6 Å². The first-order valence-corrected chi connectivity index (χ1v) is 14.7. The van der Waals surface area contributed by atoms with Crippen molar-refractivity contribution in [3.8, 4) is 11.5 Å². The van der Waals surface area contributed by atoms with Crippen molar-refractivity contribution in [1.82, 2.24) is 0 Å². The van der Waals surface area contributed by atoms with Gasteiger partial charge in [-0.25, -0.2) is 4.79 Å². The number of carbonyl (C=O) groups excluding carboxylic acids is 6. The van der Waals surface area contributed by atoms with Gasteiger partial charge in [0, 0.05) is 51.2 Å². The van der Waals surface area contributed by atoms with Crippen LogP contribution in [0, 0.1) is 12.8 Å². The average molecular weight is 651 g/mol. The van der Waals surface area contributed by atoms with E-state index in [9.17, 15) is 33.9 Å². The molecule has 1 heterocycles. The second kappa shape index (κ2) is 17.8. The molecule has 0 bridgehead atoms. The summed E-state index contributed by atoms with van der Waals surface area (Å²) in [5.41, 5.74) is 2.70. The van der Waals surface area contributed by atoms with Gasteiger partial charge in [0.1, 0.15) is 36.9 Å². The lowest BCUT2D eigenvalue weighted by Gasteiger charge is -2.19. The Bertz CT molecular complexity index is 1330. The van der Waals surface area contributed by atoms with Crippen LogP contribution in [0.3, 0.4) is 0 Å². The minimum absolute atomic E-state index is 0.00697. The highest BCUT2D eigenvalue weighted by Gasteiger charge is 2.32. The van der Waals surface area contributed by atoms with Gasteiger partial charge >= 0.3 is 35.8 Å². The number of cyclic esters (lactones) is 1. The lowest BCUT2D eigenvalue weighted by Crippen LogP contribution is -2.31. The molecule has 1 aliphatic rings. The molecule has 0 aliphatic carbocycles. The predicted octanol–water partition coefficient (Wildman–Crippen LogP) is 3.54. The molecule has 1 aromatic carbocycles. The molecule has 1 N–H and O–H groups in total. The topological polar surface area (TPSA) is 187 Å². The lowest BCUT2D eigenvalue weighted by molar-refractivity contribution is -0.185. The molecule has 46 heavy (non-hydrogen) atoms. The molecule has 0 amide bonds. The van der Waals surface area contributed by atoms with E-state index >= 15 is 0 Å². The molecule has 254 valence electrons. The molecule has 1 aliphatic heterocycles. The van der Waals surface area contributed by atoms with Crippen LogP contribution in [0.25, 0.3) is 0 Å². The van der Waals surface area contributed by atoms with E-state index in [0.717, 1.165) is 5.57 Å². The first-order valence-electron chi connectivity index (χ1n) is 14.7. The quantitative estimate of drug-likeness (QED) is 0.112. The maximum absolute atomic E-state index is 12.4. The number of phenols is 1. The van der Waals surface area contributed by atoms with E-state index in [1.807, 2.05) is 6.08 Å². The average Bonchev–Trinajstić information content (AvgIpc) is 3.35. The molecular weight excluding hydrogens is 608 g/mol. The Morgan fingerprint density at radius 2 is 1.46 bits per heavy atom. The van der Waals surface area contributed by atoms with Gasteiger partial charge in [-0.15, -0.1) is 0 Å². The summed E-state index contributed by atoms with van der Waals surface area (Å²) in [6.07, 6.45) is -0.154. The summed E-state index contributed by atoms with van der Waals surface area (Å²) in [5.74, 6) is -4.01. The van der Waals surface area contributed by atoms with Crippen molar-refractivity contribution in [1.29, 1.82) is 0 Å². The number of hydrogen-bond acceptors (Lipinski definition) is 14. The van der Waals surface area contributed by atoms with Crippen molar-refractivity contribution in [2.75, 3.05) is 20.3 Å². The number of fused-ring (bicyclic) bond motifs is 1. The molecule has 2 rings (SSSR count). The second-order valence-electron chi connectivity index (χ2n) is 10.9. The van der Waals surface area contributed by atoms with E-state index in [-0.39, 0.29) is 56.8 Å². The van der Waals surface area contributed by atoms with E-state index in [2.05, 4.69) is 0 Å². The fourth-order valence-corrected chi connectivity index (χ4v) is 4.62. The molecule has 14 heteroatoms. The molecule has 14 nitrogen and oxygen atoms in total. The van der Waals surface area contributed by atoms with Crippen molar-refractivity contribution >= 4 is 35.8 Å².